The monoisotopic (exact) mass is 216 g/mol. The predicted octanol–water partition coefficient (Wildman–Crippen LogP) is 1.94. The molecule has 3 nitrogen and oxygen atoms in total. The third-order valence-corrected chi connectivity index (χ3v) is 4.47. The van der Waals surface area contributed by atoms with Gasteiger partial charge in [-0.05, 0) is 12.8 Å². The maximum absolute atomic E-state index is 10.0. The average molecular weight is 216 g/mol. The molecule has 2 rings (SSSR count). The summed E-state index contributed by atoms with van der Waals surface area (Å²) in [5.41, 5.74) is 1.29. The van der Waals surface area contributed by atoms with Gasteiger partial charge >= 0.3 is 0 Å². The van der Waals surface area contributed by atoms with Crippen LogP contribution in [-0.4, -0.2) is 26.7 Å². The van der Waals surface area contributed by atoms with Crippen LogP contribution in [0.2, 0.25) is 0 Å². The van der Waals surface area contributed by atoms with Crippen LogP contribution in [0, 0.1) is 0 Å². The van der Waals surface area contributed by atoms with Crippen molar-refractivity contribution >= 4 is 23.1 Å². The zero-order valence-electron chi connectivity index (χ0n) is 7.27. The van der Waals surface area contributed by atoms with Crippen LogP contribution >= 0.6 is 23.1 Å². The largest absolute Gasteiger partial charge is 0.389 e. The molecule has 1 aliphatic rings. The van der Waals surface area contributed by atoms with Gasteiger partial charge in [-0.3, -0.25) is 0 Å². The van der Waals surface area contributed by atoms with Crippen LogP contribution in [-0.2, 0) is 0 Å². The molecular weight excluding hydrogens is 204 g/mol. The first-order valence-electron chi connectivity index (χ1n) is 4.40. The Bertz CT molecular complexity index is 257. The molecule has 0 spiro atoms. The van der Waals surface area contributed by atoms with E-state index in [0.29, 0.717) is 0 Å². The van der Waals surface area contributed by atoms with Crippen LogP contribution in [0.15, 0.2) is 9.85 Å². The molecule has 72 valence electrons. The van der Waals surface area contributed by atoms with Gasteiger partial charge in [0.2, 0.25) is 0 Å². The van der Waals surface area contributed by atoms with Gasteiger partial charge in [-0.2, -0.15) is 0 Å². The van der Waals surface area contributed by atoms with E-state index in [4.69, 9.17) is 0 Å². The van der Waals surface area contributed by atoms with E-state index in [-0.39, 0.29) is 0 Å². The van der Waals surface area contributed by atoms with Gasteiger partial charge < -0.3 is 5.11 Å². The predicted molar refractivity (Wildman–Crippen MR) is 54.1 cm³/mol. The third-order valence-electron chi connectivity index (χ3n) is 2.34. The average Bonchev–Trinajstić information content (AvgIpc) is 2.72. The van der Waals surface area contributed by atoms with E-state index in [0.717, 1.165) is 35.8 Å². The van der Waals surface area contributed by atoms with Gasteiger partial charge in [0.05, 0.1) is 5.60 Å². The second-order valence-corrected chi connectivity index (χ2v) is 5.48. The smallest absolute Gasteiger partial charge is 0.174 e. The summed E-state index contributed by atoms with van der Waals surface area (Å²) in [5, 5.41) is 17.7. The molecule has 5 heteroatoms. The molecule has 1 N–H and O–H groups in total. The fourth-order valence-electron chi connectivity index (χ4n) is 1.60. The van der Waals surface area contributed by atoms with Gasteiger partial charge in [-0.15, -0.1) is 10.2 Å². The fourth-order valence-corrected chi connectivity index (χ4v) is 3.24. The first-order chi connectivity index (χ1) is 6.29. The Morgan fingerprint density at radius 2 is 2.31 bits per heavy atom. The molecule has 0 amide bonds. The summed E-state index contributed by atoms with van der Waals surface area (Å²) < 4.78 is 0.959. The van der Waals surface area contributed by atoms with Crippen LogP contribution in [0.5, 0.6) is 0 Å². The molecule has 0 unspecified atom stereocenters. The fraction of sp³-hybridized carbons (Fsp3) is 0.750. The van der Waals surface area contributed by atoms with Crippen molar-refractivity contribution in [3.05, 3.63) is 5.51 Å². The highest BCUT2D eigenvalue weighted by Crippen LogP contribution is 2.34. The lowest BCUT2D eigenvalue weighted by Crippen LogP contribution is -2.26. The molecule has 1 aromatic rings. The molecule has 1 saturated carbocycles. The van der Waals surface area contributed by atoms with Crippen molar-refractivity contribution < 1.29 is 5.11 Å². The van der Waals surface area contributed by atoms with Crippen LogP contribution in [0.1, 0.15) is 25.7 Å². The van der Waals surface area contributed by atoms with Crippen molar-refractivity contribution in [3.8, 4) is 0 Å². The van der Waals surface area contributed by atoms with E-state index in [1.165, 1.54) is 11.3 Å². The molecule has 0 bridgehead atoms. The molecule has 1 aliphatic carbocycles. The van der Waals surface area contributed by atoms with Gasteiger partial charge in [0.15, 0.2) is 4.34 Å². The maximum atomic E-state index is 10.0. The van der Waals surface area contributed by atoms with Crippen molar-refractivity contribution in [2.45, 2.75) is 35.6 Å². The maximum Gasteiger partial charge on any atom is 0.174 e. The topological polar surface area (TPSA) is 46.0 Å². The number of thioether (sulfide) groups is 1. The molecule has 13 heavy (non-hydrogen) atoms. The lowest BCUT2D eigenvalue weighted by atomic mass is 10.1. The third kappa shape index (κ3) is 2.42. The van der Waals surface area contributed by atoms with Crippen LogP contribution in [0.3, 0.4) is 0 Å². The molecular formula is C8H12N2OS2. The van der Waals surface area contributed by atoms with Crippen LogP contribution in [0.4, 0.5) is 0 Å². The number of aromatic nitrogens is 2. The van der Waals surface area contributed by atoms with E-state index in [1.807, 2.05) is 0 Å². The summed E-state index contributed by atoms with van der Waals surface area (Å²) in [7, 11) is 0. The molecule has 1 fully saturated rings. The minimum atomic E-state index is -0.434. The quantitative estimate of drug-likeness (QED) is 0.784. The van der Waals surface area contributed by atoms with E-state index in [1.54, 1.807) is 17.3 Å². The Hall–Kier alpha value is -0.130. The highest BCUT2D eigenvalue weighted by Gasteiger charge is 2.31. The Morgan fingerprint density at radius 3 is 2.92 bits per heavy atom. The second-order valence-electron chi connectivity index (χ2n) is 3.42. The number of hydrogen-bond acceptors (Lipinski definition) is 5. The van der Waals surface area contributed by atoms with Crippen molar-refractivity contribution in [1.82, 2.24) is 10.2 Å². The summed E-state index contributed by atoms with van der Waals surface area (Å²) in [6, 6.07) is 0. The summed E-state index contributed by atoms with van der Waals surface area (Å²) >= 11 is 3.15. The number of aliphatic hydroxyl groups is 1. The molecule has 1 heterocycles. The van der Waals surface area contributed by atoms with Crippen molar-refractivity contribution in [1.29, 1.82) is 0 Å². The first-order valence-corrected chi connectivity index (χ1v) is 6.26. The summed E-state index contributed by atoms with van der Waals surface area (Å²) in [6.45, 7) is 0. The van der Waals surface area contributed by atoms with Gasteiger partial charge in [-0.25, -0.2) is 0 Å². The SMILES string of the molecule is OC1(CSc2nncs2)CCCC1. The lowest BCUT2D eigenvalue weighted by molar-refractivity contribution is 0.0732. The minimum Gasteiger partial charge on any atom is -0.389 e. The van der Waals surface area contributed by atoms with Gasteiger partial charge in [0.1, 0.15) is 5.51 Å². The van der Waals surface area contributed by atoms with E-state index in [2.05, 4.69) is 10.2 Å². The molecule has 0 aromatic carbocycles. The zero-order chi connectivity index (χ0) is 9.15. The van der Waals surface area contributed by atoms with E-state index < -0.39 is 5.60 Å². The molecule has 0 atom stereocenters. The summed E-state index contributed by atoms with van der Waals surface area (Å²) in [5.74, 6) is 0.766. The number of nitrogens with zero attached hydrogens (tertiary/aromatic N) is 2. The first kappa shape index (κ1) is 9.43. The minimum absolute atomic E-state index is 0.434. The van der Waals surface area contributed by atoms with Crippen molar-refractivity contribution in [2.75, 3.05) is 5.75 Å². The Kier molecular flexibility index (Phi) is 2.86. The number of rotatable bonds is 3. The van der Waals surface area contributed by atoms with E-state index >= 15 is 0 Å². The molecule has 0 radical (unpaired) electrons. The molecule has 0 aliphatic heterocycles. The Balaban J connectivity index is 1.85. The molecule has 1 aromatic heterocycles. The number of hydrogen-bond donors (Lipinski definition) is 1. The second kappa shape index (κ2) is 3.94. The lowest BCUT2D eigenvalue weighted by Gasteiger charge is -2.20. The Labute approximate surface area is 85.6 Å². The van der Waals surface area contributed by atoms with Crippen molar-refractivity contribution in [2.24, 2.45) is 0 Å². The van der Waals surface area contributed by atoms with Crippen LogP contribution in [0.25, 0.3) is 0 Å². The highest BCUT2D eigenvalue weighted by atomic mass is 32.2. The summed E-state index contributed by atoms with van der Waals surface area (Å²) in [6.07, 6.45) is 4.21. The highest BCUT2D eigenvalue weighted by molar-refractivity contribution is 8.01. The summed E-state index contributed by atoms with van der Waals surface area (Å²) in [4.78, 5) is 0. The molecule has 0 saturated heterocycles. The van der Waals surface area contributed by atoms with Crippen LogP contribution < -0.4 is 0 Å². The zero-order valence-corrected chi connectivity index (χ0v) is 8.90. The Morgan fingerprint density at radius 1 is 1.54 bits per heavy atom. The van der Waals surface area contributed by atoms with Gasteiger partial charge in [0.25, 0.3) is 0 Å². The normalized spacial score (nSPS) is 20.7. The van der Waals surface area contributed by atoms with E-state index in [9.17, 15) is 5.11 Å². The van der Waals surface area contributed by atoms with Crippen molar-refractivity contribution in [3.63, 3.8) is 0 Å². The van der Waals surface area contributed by atoms with Gasteiger partial charge in [0, 0.05) is 5.75 Å². The standard InChI is InChI=1S/C8H12N2OS2/c11-8(3-1-2-4-8)5-12-7-10-9-6-13-7/h6,11H,1-5H2. The van der Waals surface area contributed by atoms with Gasteiger partial charge in [-0.1, -0.05) is 35.9 Å².